The van der Waals surface area contributed by atoms with E-state index in [-0.39, 0.29) is 25.0 Å². The average molecular weight is 467 g/mol. The van der Waals surface area contributed by atoms with Gasteiger partial charge in [0.15, 0.2) is 18.1 Å². The lowest BCUT2D eigenvalue weighted by Crippen LogP contribution is -2.51. The molecule has 172 valence electrons. The molecule has 2 amide bonds. The van der Waals surface area contributed by atoms with E-state index in [0.717, 1.165) is 11.1 Å². The van der Waals surface area contributed by atoms with E-state index in [0.29, 0.717) is 22.9 Å². The molecule has 0 saturated heterocycles. The van der Waals surface area contributed by atoms with Gasteiger partial charge in [0.25, 0.3) is 5.91 Å². The number of halogens is 1. The zero-order valence-electron chi connectivity index (χ0n) is 18.7. The molecule has 0 spiro atoms. The molecule has 3 aromatic rings. The van der Waals surface area contributed by atoms with Crippen LogP contribution in [0.5, 0.6) is 11.5 Å². The van der Waals surface area contributed by atoms with Crippen molar-refractivity contribution < 1.29 is 19.1 Å². The van der Waals surface area contributed by atoms with Crippen LogP contribution in [0.1, 0.15) is 11.1 Å². The van der Waals surface area contributed by atoms with Crippen molar-refractivity contribution in [3.8, 4) is 11.5 Å². The van der Waals surface area contributed by atoms with Crippen LogP contribution in [0, 0.1) is 0 Å². The summed E-state index contributed by atoms with van der Waals surface area (Å²) in [5.41, 5.74) is 1.68. The summed E-state index contributed by atoms with van der Waals surface area (Å²) >= 11 is 6.38. The van der Waals surface area contributed by atoms with Gasteiger partial charge >= 0.3 is 0 Å². The number of nitrogens with zero attached hydrogens (tertiary/aromatic N) is 1. The van der Waals surface area contributed by atoms with Crippen molar-refractivity contribution in [3.63, 3.8) is 0 Å². The van der Waals surface area contributed by atoms with Gasteiger partial charge in [0.05, 0.1) is 7.11 Å². The number of ether oxygens (including phenoxy) is 2. The van der Waals surface area contributed by atoms with Crippen LogP contribution in [-0.4, -0.2) is 43.5 Å². The maximum atomic E-state index is 13.4. The molecule has 3 rings (SSSR count). The predicted molar refractivity (Wildman–Crippen MR) is 128 cm³/mol. The zero-order chi connectivity index (χ0) is 23.6. The molecule has 1 unspecified atom stereocenters. The normalized spacial score (nSPS) is 11.4. The van der Waals surface area contributed by atoms with E-state index in [1.165, 1.54) is 12.0 Å². The highest BCUT2D eigenvalue weighted by Crippen LogP contribution is 2.26. The van der Waals surface area contributed by atoms with Crippen molar-refractivity contribution in [1.29, 1.82) is 0 Å². The summed E-state index contributed by atoms with van der Waals surface area (Å²) in [7, 11) is 3.10. The first-order chi connectivity index (χ1) is 16.0. The minimum Gasteiger partial charge on any atom is -0.493 e. The Hall–Kier alpha value is -3.51. The number of likely N-dealkylation sites (N-methyl/N-ethyl adjacent to an activating group) is 1. The third-order valence-corrected chi connectivity index (χ3v) is 5.60. The van der Waals surface area contributed by atoms with Gasteiger partial charge in [-0.2, -0.15) is 0 Å². The molecule has 0 bridgehead atoms. The van der Waals surface area contributed by atoms with Crippen LogP contribution in [0.3, 0.4) is 0 Å². The van der Waals surface area contributed by atoms with Gasteiger partial charge in [-0.05, 0) is 29.3 Å². The fraction of sp³-hybridized carbons (Fsp3) is 0.231. The van der Waals surface area contributed by atoms with Crippen LogP contribution in [0.4, 0.5) is 0 Å². The largest absolute Gasteiger partial charge is 0.493 e. The molecule has 0 saturated carbocycles. The summed E-state index contributed by atoms with van der Waals surface area (Å²) < 4.78 is 11.1. The topological polar surface area (TPSA) is 67.9 Å². The van der Waals surface area contributed by atoms with E-state index >= 15 is 0 Å². The number of nitrogens with one attached hydrogen (secondary N) is 1. The number of carbonyl (C=O) groups excluding carboxylic acids is 2. The second kappa shape index (κ2) is 11.9. The smallest absolute Gasteiger partial charge is 0.261 e. The number of para-hydroxylation sites is 2. The van der Waals surface area contributed by atoms with E-state index < -0.39 is 6.04 Å². The maximum Gasteiger partial charge on any atom is 0.261 e. The minimum absolute atomic E-state index is 0.165. The number of hydrogen-bond donors (Lipinski definition) is 1. The second-order valence-corrected chi connectivity index (χ2v) is 7.78. The van der Waals surface area contributed by atoms with Crippen LogP contribution >= 0.6 is 11.6 Å². The number of benzene rings is 3. The maximum absolute atomic E-state index is 13.4. The number of rotatable bonds is 10. The number of hydrogen-bond acceptors (Lipinski definition) is 4. The third-order valence-electron chi connectivity index (χ3n) is 5.24. The van der Waals surface area contributed by atoms with E-state index in [1.54, 1.807) is 31.3 Å². The van der Waals surface area contributed by atoms with E-state index in [1.807, 2.05) is 54.6 Å². The molecule has 1 atom stereocenters. The van der Waals surface area contributed by atoms with Crippen molar-refractivity contribution in [2.24, 2.45) is 0 Å². The van der Waals surface area contributed by atoms with Crippen LogP contribution in [0.25, 0.3) is 0 Å². The molecule has 6 nitrogen and oxygen atoms in total. The quantitative estimate of drug-likeness (QED) is 0.488. The van der Waals surface area contributed by atoms with Gasteiger partial charge in [-0.3, -0.25) is 9.59 Å². The fourth-order valence-corrected chi connectivity index (χ4v) is 3.69. The zero-order valence-corrected chi connectivity index (χ0v) is 19.4. The monoisotopic (exact) mass is 466 g/mol. The Balaban J connectivity index is 1.90. The summed E-state index contributed by atoms with van der Waals surface area (Å²) in [5.74, 6) is 0.364. The lowest BCUT2D eigenvalue weighted by Gasteiger charge is -2.31. The summed E-state index contributed by atoms with van der Waals surface area (Å²) in [5, 5.41) is 3.21. The third kappa shape index (κ3) is 6.49. The standard InChI is InChI=1S/C26H27ClN2O4/c1-28-26(31)22(16-19-10-4-3-5-11-19)29(17-20-12-6-7-13-21(20)27)25(30)18-33-24-15-9-8-14-23(24)32-2/h3-15,22H,16-18H2,1-2H3,(H,28,31). The average Bonchev–Trinajstić information content (AvgIpc) is 2.86. The van der Waals surface area contributed by atoms with Gasteiger partial charge in [0, 0.05) is 25.0 Å². The lowest BCUT2D eigenvalue weighted by molar-refractivity contribution is -0.142. The van der Waals surface area contributed by atoms with Crippen molar-refractivity contribution in [3.05, 3.63) is 95.0 Å². The van der Waals surface area contributed by atoms with Crippen molar-refractivity contribution >= 4 is 23.4 Å². The summed E-state index contributed by atoms with van der Waals surface area (Å²) in [4.78, 5) is 27.9. The van der Waals surface area contributed by atoms with Crippen molar-refractivity contribution in [1.82, 2.24) is 10.2 Å². The molecular formula is C26H27ClN2O4. The Kier molecular flexibility index (Phi) is 8.72. The highest BCUT2D eigenvalue weighted by atomic mass is 35.5. The Morgan fingerprint density at radius 3 is 2.24 bits per heavy atom. The molecule has 0 aliphatic rings. The number of amides is 2. The number of methoxy groups -OCH3 is 1. The van der Waals surface area contributed by atoms with Crippen LogP contribution in [0.2, 0.25) is 5.02 Å². The summed E-state index contributed by atoms with van der Waals surface area (Å²) in [6, 6.07) is 23.2. The Morgan fingerprint density at radius 1 is 0.939 bits per heavy atom. The molecule has 3 aromatic carbocycles. The molecule has 33 heavy (non-hydrogen) atoms. The molecule has 0 fully saturated rings. The first-order valence-electron chi connectivity index (χ1n) is 10.6. The molecular weight excluding hydrogens is 440 g/mol. The van der Waals surface area contributed by atoms with Gasteiger partial charge < -0.3 is 19.7 Å². The fourth-order valence-electron chi connectivity index (χ4n) is 3.49. The Labute approximate surface area is 199 Å². The van der Waals surface area contributed by atoms with Gasteiger partial charge in [0.1, 0.15) is 6.04 Å². The molecule has 1 N–H and O–H groups in total. The van der Waals surface area contributed by atoms with Crippen LogP contribution in [0.15, 0.2) is 78.9 Å². The van der Waals surface area contributed by atoms with E-state index in [2.05, 4.69) is 5.32 Å². The van der Waals surface area contributed by atoms with E-state index in [9.17, 15) is 9.59 Å². The van der Waals surface area contributed by atoms with Crippen LogP contribution in [-0.2, 0) is 22.6 Å². The molecule has 0 aliphatic heterocycles. The Bertz CT molecular complexity index is 1070. The first kappa shape index (κ1) is 24.1. The molecule has 0 aromatic heterocycles. The predicted octanol–water partition coefficient (Wildman–Crippen LogP) is 4.11. The van der Waals surface area contributed by atoms with Crippen molar-refractivity contribution in [2.45, 2.75) is 19.0 Å². The van der Waals surface area contributed by atoms with Gasteiger partial charge in [-0.25, -0.2) is 0 Å². The van der Waals surface area contributed by atoms with E-state index in [4.69, 9.17) is 21.1 Å². The minimum atomic E-state index is -0.748. The molecule has 7 heteroatoms. The van der Waals surface area contributed by atoms with Crippen LogP contribution < -0.4 is 14.8 Å². The summed E-state index contributed by atoms with van der Waals surface area (Å²) in [6.07, 6.45) is 0.353. The number of carbonyl (C=O) groups is 2. The highest BCUT2D eigenvalue weighted by Gasteiger charge is 2.30. The highest BCUT2D eigenvalue weighted by molar-refractivity contribution is 6.31. The molecule has 0 heterocycles. The Morgan fingerprint density at radius 2 is 1.58 bits per heavy atom. The van der Waals surface area contributed by atoms with Gasteiger partial charge in [-0.15, -0.1) is 0 Å². The molecule has 0 aliphatic carbocycles. The van der Waals surface area contributed by atoms with Gasteiger partial charge in [0.2, 0.25) is 5.91 Å². The summed E-state index contributed by atoms with van der Waals surface area (Å²) in [6.45, 7) is -0.0914. The second-order valence-electron chi connectivity index (χ2n) is 7.37. The molecule has 0 radical (unpaired) electrons. The lowest BCUT2D eigenvalue weighted by atomic mass is 10.0. The van der Waals surface area contributed by atoms with Gasteiger partial charge in [-0.1, -0.05) is 72.3 Å². The first-order valence-corrected chi connectivity index (χ1v) is 11.0. The van der Waals surface area contributed by atoms with Crippen molar-refractivity contribution in [2.75, 3.05) is 20.8 Å². The SMILES string of the molecule is CNC(=O)C(Cc1ccccc1)N(Cc1ccccc1Cl)C(=O)COc1ccccc1OC.